The van der Waals surface area contributed by atoms with Crippen molar-refractivity contribution in [2.75, 3.05) is 0 Å². The lowest BCUT2D eigenvalue weighted by Gasteiger charge is -2.02. The van der Waals surface area contributed by atoms with Crippen molar-refractivity contribution in [3.05, 3.63) is 63.7 Å². The summed E-state index contributed by atoms with van der Waals surface area (Å²) in [6, 6.07) is 11.9. The molecule has 120 valence electrons. The Morgan fingerprint density at radius 3 is 2.50 bits per heavy atom. The molecule has 0 bridgehead atoms. The zero-order valence-electron chi connectivity index (χ0n) is 13.2. The van der Waals surface area contributed by atoms with Crippen molar-refractivity contribution < 1.29 is 4.52 Å². The Kier molecular flexibility index (Phi) is 3.86. The third-order valence-electron chi connectivity index (χ3n) is 3.95. The molecule has 3 aromatic heterocycles. The van der Waals surface area contributed by atoms with Gasteiger partial charge >= 0.3 is 0 Å². The van der Waals surface area contributed by atoms with E-state index >= 15 is 0 Å². The molecule has 1 aromatic carbocycles. The lowest BCUT2D eigenvalue weighted by molar-refractivity contribution is 0.432. The average molecular weight is 400 g/mol. The number of aromatic nitrogens is 3. The average Bonchev–Trinajstić information content (AvgIpc) is 3.30. The summed E-state index contributed by atoms with van der Waals surface area (Å²) in [4.78, 5) is 5.88. The maximum Gasteiger partial charge on any atom is 0.258 e. The van der Waals surface area contributed by atoms with Crippen LogP contribution in [0.2, 0.25) is 0 Å². The second-order valence-corrected chi connectivity index (χ2v) is 7.60. The van der Waals surface area contributed by atoms with Crippen molar-refractivity contribution in [3.63, 3.8) is 0 Å². The van der Waals surface area contributed by atoms with E-state index < -0.39 is 0 Å². The van der Waals surface area contributed by atoms with Gasteiger partial charge in [-0.2, -0.15) is 4.98 Å². The highest BCUT2D eigenvalue weighted by atomic mass is 79.9. The molecular weight excluding hydrogens is 386 g/mol. The van der Waals surface area contributed by atoms with Gasteiger partial charge in [-0.15, -0.1) is 11.3 Å². The smallest absolute Gasteiger partial charge is 0.258 e. The van der Waals surface area contributed by atoms with Crippen molar-refractivity contribution in [3.8, 4) is 27.8 Å². The van der Waals surface area contributed by atoms with Crippen LogP contribution < -0.4 is 0 Å². The summed E-state index contributed by atoms with van der Waals surface area (Å²) in [6.07, 6.45) is 4.06. The van der Waals surface area contributed by atoms with Gasteiger partial charge in [0.1, 0.15) is 5.00 Å². The predicted molar refractivity (Wildman–Crippen MR) is 99.5 cm³/mol. The molecule has 4 aromatic rings. The van der Waals surface area contributed by atoms with E-state index in [1.807, 2.05) is 48.8 Å². The van der Waals surface area contributed by atoms with E-state index in [1.54, 1.807) is 11.3 Å². The Bertz CT molecular complexity index is 984. The van der Waals surface area contributed by atoms with Gasteiger partial charge in [0.2, 0.25) is 5.82 Å². The van der Waals surface area contributed by atoms with Crippen LogP contribution in [-0.2, 0) is 0 Å². The molecule has 0 amide bonds. The molecule has 6 heteroatoms. The molecule has 0 aliphatic carbocycles. The first-order valence-electron chi connectivity index (χ1n) is 7.47. The summed E-state index contributed by atoms with van der Waals surface area (Å²) < 4.78 is 8.61. The van der Waals surface area contributed by atoms with Crippen LogP contribution in [0.4, 0.5) is 0 Å². The normalized spacial score (nSPS) is 11.1. The highest BCUT2D eigenvalue weighted by Crippen LogP contribution is 2.38. The first-order valence-corrected chi connectivity index (χ1v) is 9.08. The molecule has 0 radical (unpaired) electrons. The molecule has 24 heavy (non-hydrogen) atoms. The van der Waals surface area contributed by atoms with Gasteiger partial charge in [-0.1, -0.05) is 21.1 Å². The van der Waals surface area contributed by atoms with Gasteiger partial charge in [0.25, 0.3) is 5.89 Å². The molecule has 0 N–H and O–H groups in total. The van der Waals surface area contributed by atoms with E-state index in [0.717, 1.165) is 20.6 Å². The predicted octanol–water partition coefficient (Wildman–Crippen LogP) is 5.64. The van der Waals surface area contributed by atoms with Crippen LogP contribution in [0.25, 0.3) is 27.8 Å². The number of hydrogen-bond acceptors (Lipinski definition) is 4. The minimum Gasteiger partial charge on any atom is -0.334 e. The van der Waals surface area contributed by atoms with E-state index in [4.69, 9.17) is 4.52 Å². The van der Waals surface area contributed by atoms with Gasteiger partial charge in [0.15, 0.2) is 0 Å². The number of benzene rings is 1. The SMILES string of the molecule is Cc1sc(-n2cccc2)c(-c2noc(-c3ccc(Br)cc3)n2)c1C. The fourth-order valence-electron chi connectivity index (χ4n) is 2.56. The number of thiophene rings is 1. The van der Waals surface area contributed by atoms with E-state index in [-0.39, 0.29) is 0 Å². The van der Waals surface area contributed by atoms with Crippen LogP contribution in [-0.4, -0.2) is 14.7 Å². The Morgan fingerprint density at radius 2 is 1.79 bits per heavy atom. The molecule has 4 rings (SSSR count). The first kappa shape index (κ1) is 15.4. The molecule has 0 atom stereocenters. The van der Waals surface area contributed by atoms with Gasteiger partial charge in [0, 0.05) is 27.3 Å². The van der Waals surface area contributed by atoms with Crippen LogP contribution in [0, 0.1) is 13.8 Å². The zero-order valence-corrected chi connectivity index (χ0v) is 15.6. The molecule has 0 saturated heterocycles. The topological polar surface area (TPSA) is 43.9 Å². The van der Waals surface area contributed by atoms with E-state index in [9.17, 15) is 0 Å². The maximum absolute atomic E-state index is 5.50. The number of rotatable bonds is 3. The summed E-state index contributed by atoms with van der Waals surface area (Å²) in [5, 5.41) is 5.33. The summed E-state index contributed by atoms with van der Waals surface area (Å²) in [7, 11) is 0. The number of hydrogen-bond donors (Lipinski definition) is 0. The zero-order chi connectivity index (χ0) is 16.7. The molecule has 0 aliphatic rings. The minimum atomic E-state index is 0.527. The maximum atomic E-state index is 5.50. The lowest BCUT2D eigenvalue weighted by atomic mass is 10.1. The van der Waals surface area contributed by atoms with Gasteiger partial charge in [-0.3, -0.25) is 0 Å². The molecule has 0 spiro atoms. The van der Waals surface area contributed by atoms with Gasteiger partial charge in [0.05, 0.1) is 5.56 Å². The molecule has 3 heterocycles. The standard InChI is InChI=1S/C18H14BrN3OS/c1-11-12(2)24-18(22-9-3-4-10-22)15(11)16-20-17(23-21-16)13-5-7-14(19)8-6-13/h3-10H,1-2H3. The molecule has 0 aliphatic heterocycles. The second-order valence-electron chi connectivity index (χ2n) is 5.48. The summed E-state index contributed by atoms with van der Waals surface area (Å²) in [6.45, 7) is 4.22. The summed E-state index contributed by atoms with van der Waals surface area (Å²) >= 11 is 5.17. The Labute approximate surface area is 151 Å². The fourth-order valence-corrected chi connectivity index (χ4v) is 3.94. The Morgan fingerprint density at radius 1 is 1.08 bits per heavy atom. The fraction of sp³-hybridized carbons (Fsp3) is 0.111. The Balaban J connectivity index is 1.82. The quantitative estimate of drug-likeness (QED) is 0.447. The van der Waals surface area contributed by atoms with Crippen molar-refractivity contribution in [1.82, 2.24) is 14.7 Å². The van der Waals surface area contributed by atoms with Crippen molar-refractivity contribution >= 4 is 27.3 Å². The van der Waals surface area contributed by atoms with Crippen LogP contribution in [0.15, 0.2) is 57.8 Å². The van der Waals surface area contributed by atoms with Crippen molar-refractivity contribution in [1.29, 1.82) is 0 Å². The van der Waals surface area contributed by atoms with Crippen LogP contribution in [0.1, 0.15) is 10.4 Å². The van der Waals surface area contributed by atoms with Gasteiger partial charge in [-0.05, 0) is 55.8 Å². The van der Waals surface area contributed by atoms with Crippen LogP contribution >= 0.6 is 27.3 Å². The van der Waals surface area contributed by atoms with E-state index in [2.05, 4.69) is 44.5 Å². The van der Waals surface area contributed by atoms with Crippen LogP contribution in [0.3, 0.4) is 0 Å². The number of nitrogens with zero attached hydrogens (tertiary/aromatic N) is 3. The first-order chi connectivity index (χ1) is 11.6. The second kappa shape index (κ2) is 6.03. The van der Waals surface area contributed by atoms with Crippen LogP contribution in [0.5, 0.6) is 0 Å². The lowest BCUT2D eigenvalue weighted by Crippen LogP contribution is -1.91. The highest BCUT2D eigenvalue weighted by molar-refractivity contribution is 9.10. The molecule has 0 fully saturated rings. The van der Waals surface area contributed by atoms with Gasteiger partial charge in [-0.25, -0.2) is 0 Å². The minimum absolute atomic E-state index is 0.527. The van der Waals surface area contributed by atoms with E-state index in [0.29, 0.717) is 11.7 Å². The summed E-state index contributed by atoms with van der Waals surface area (Å²) in [5.74, 6) is 1.15. The van der Waals surface area contributed by atoms with Crippen molar-refractivity contribution in [2.45, 2.75) is 13.8 Å². The van der Waals surface area contributed by atoms with Gasteiger partial charge < -0.3 is 9.09 Å². The third kappa shape index (κ3) is 2.61. The monoisotopic (exact) mass is 399 g/mol. The number of aryl methyl sites for hydroxylation is 1. The highest BCUT2D eigenvalue weighted by Gasteiger charge is 2.21. The summed E-state index contributed by atoms with van der Waals surface area (Å²) in [5.41, 5.74) is 3.12. The largest absolute Gasteiger partial charge is 0.334 e. The van der Waals surface area contributed by atoms with Crippen molar-refractivity contribution in [2.24, 2.45) is 0 Å². The molecule has 0 unspecified atom stereocenters. The molecule has 0 saturated carbocycles. The third-order valence-corrected chi connectivity index (χ3v) is 5.70. The Hall–Kier alpha value is -2.18. The number of halogens is 1. The molecule has 4 nitrogen and oxygen atoms in total. The molecular formula is C18H14BrN3OS. The van der Waals surface area contributed by atoms with E-state index in [1.165, 1.54) is 10.4 Å².